The Labute approximate surface area is 101 Å². The van der Waals surface area contributed by atoms with Gasteiger partial charge in [0.1, 0.15) is 11.5 Å². The number of hydrogen-bond donors (Lipinski definition) is 0. The molecule has 0 unspecified atom stereocenters. The van der Waals surface area contributed by atoms with Crippen LogP contribution >= 0.6 is 0 Å². The van der Waals surface area contributed by atoms with E-state index in [0.29, 0.717) is 6.42 Å². The van der Waals surface area contributed by atoms with E-state index in [-0.39, 0.29) is 24.6 Å². The highest BCUT2D eigenvalue weighted by Crippen LogP contribution is 2.12. The number of carbonyl (C=O) groups excluding carboxylic acids is 2. The molecule has 0 heterocycles. The third-order valence-corrected chi connectivity index (χ3v) is 2.40. The zero-order chi connectivity index (χ0) is 12.7. The largest absolute Gasteiger partial charge is 0.497 e. The van der Waals surface area contributed by atoms with Crippen molar-refractivity contribution in [3.8, 4) is 5.75 Å². The fourth-order valence-corrected chi connectivity index (χ4v) is 1.40. The molecule has 0 aliphatic rings. The molecule has 0 amide bonds. The van der Waals surface area contributed by atoms with Crippen LogP contribution in [0.4, 0.5) is 0 Å². The van der Waals surface area contributed by atoms with E-state index in [0.717, 1.165) is 11.3 Å². The van der Waals surface area contributed by atoms with Crippen LogP contribution in [0.2, 0.25) is 0 Å². The normalized spacial score (nSPS) is 9.76. The molecule has 4 nitrogen and oxygen atoms in total. The first-order chi connectivity index (χ1) is 8.15. The van der Waals surface area contributed by atoms with Crippen LogP contribution in [0.5, 0.6) is 5.75 Å². The number of benzene rings is 1. The second kappa shape index (κ2) is 6.68. The molecular weight excluding hydrogens is 220 g/mol. The lowest BCUT2D eigenvalue weighted by atomic mass is 10.1. The highest BCUT2D eigenvalue weighted by atomic mass is 16.5. The molecule has 0 saturated heterocycles. The van der Waals surface area contributed by atoms with Gasteiger partial charge >= 0.3 is 5.97 Å². The number of esters is 1. The quantitative estimate of drug-likeness (QED) is 0.706. The maximum absolute atomic E-state index is 11.5. The molecule has 1 aromatic carbocycles. The lowest BCUT2D eigenvalue weighted by Crippen LogP contribution is -2.07. The zero-order valence-corrected chi connectivity index (χ0v) is 10.1. The van der Waals surface area contributed by atoms with E-state index in [4.69, 9.17) is 4.74 Å². The van der Waals surface area contributed by atoms with E-state index >= 15 is 0 Å². The van der Waals surface area contributed by atoms with E-state index < -0.39 is 0 Å². The van der Waals surface area contributed by atoms with E-state index in [1.165, 1.54) is 7.11 Å². The van der Waals surface area contributed by atoms with Gasteiger partial charge in [0.25, 0.3) is 0 Å². The number of methoxy groups -OCH3 is 2. The molecule has 0 saturated carbocycles. The number of ether oxygens (including phenoxy) is 2. The molecule has 0 N–H and O–H groups in total. The summed E-state index contributed by atoms with van der Waals surface area (Å²) in [4.78, 5) is 22.4. The van der Waals surface area contributed by atoms with Gasteiger partial charge in [0.05, 0.1) is 20.6 Å². The van der Waals surface area contributed by atoms with Crippen molar-refractivity contribution in [2.75, 3.05) is 14.2 Å². The van der Waals surface area contributed by atoms with Gasteiger partial charge in [0.15, 0.2) is 0 Å². The van der Waals surface area contributed by atoms with E-state index in [9.17, 15) is 9.59 Å². The summed E-state index contributed by atoms with van der Waals surface area (Å²) in [6, 6.07) is 7.30. The predicted molar refractivity (Wildman–Crippen MR) is 63.0 cm³/mol. The van der Waals surface area contributed by atoms with Gasteiger partial charge in [-0.25, -0.2) is 0 Å². The lowest BCUT2D eigenvalue weighted by Gasteiger charge is -2.03. The molecule has 17 heavy (non-hydrogen) atoms. The molecule has 0 aromatic heterocycles. The monoisotopic (exact) mass is 236 g/mol. The summed E-state index contributed by atoms with van der Waals surface area (Å²) in [6.45, 7) is 0. The Balaban J connectivity index is 2.42. The maximum Gasteiger partial charge on any atom is 0.305 e. The van der Waals surface area contributed by atoms with Gasteiger partial charge in [0, 0.05) is 12.8 Å². The Morgan fingerprint density at radius 1 is 1.06 bits per heavy atom. The topological polar surface area (TPSA) is 52.6 Å². The van der Waals surface area contributed by atoms with Crippen LogP contribution in [-0.2, 0) is 20.7 Å². The van der Waals surface area contributed by atoms with Crippen LogP contribution in [0.3, 0.4) is 0 Å². The van der Waals surface area contributed by atoms with E-state index in [1.807, 2.05) is 24.3 Å². The summed E-state index contributed by atoms with van der Waals surface area (Å²) >= 11 is 0. The van der Waals surface area contributed by atoms with Crippen molar-refractivity contribution >= 4 is 11.8 Å². The average Bonchev–Trinajstić information content (AvgIpc) is 2.36. The van der Waals surface area contributed by atoms with Gasteiger partial charge in [-0.05, 0) is 17.7 Å². The molecule has 0 aliphatic carbocycles. The summed E-state index contributed by atoms with van der Waals surface area (Å²) in [6.07, 6.45) is 0.700. The van der Waals surface area contributed by atoms with E-state index in [1.54, 1.807) is 7.11 Å². The Morgan fingerprint density at radius 3 is 2.24 bits per heavy atom. The van der Waals surface area contributed by atoms with Gasteiger partial charge in [-0.2, -0.15) is 0 Å². The first kappa shape index (κ1) is 13.2. The molecule has 92 valence electrons. The van der Waals surface area contributed by atoms with Crippen molar-refractivity contribution < 1.29 is 19.1 Å². The minimum Gasteiger partial charge on any atom is -0.497 e. The zero-order valence-electron chi connectivity index (χ0n) is 10.1. The number of Topliss-reactive ketones (excluding diaryl/α,β-unsaturated/α-hetero) is 1. The molecule has 0 fully saturated rings. The molecule has 0 radical (unpaired) electrons. The van der Waals surface area contributed by atoms with Crippen molar-refractivity contribution in [3.05, 3.63) is 29.8 Å². The van der Waals surface area contributed by atoms with Gasteiger partial charge in [0.2, 0.25) is 0 Å². The third-order valence-electron chi connectivity index (χ3n) is 2.40. The molecule has 4 heteroatoms. The van der Waals surface area contributed by atoms with Crippen LogP contribution in [0.15, 0.2) is 24.3 Å². The summed E-state index contributed by atoms with van der Waals surface area (Å²) in [5.74, 6) is 0.435. The molecule has 0 spiro atoms. The standard InChI is InChI=1S/C13H16O4/c1-16-12-6-3-10(4-7-12)9-11(14)5-8-13(15)17-2/h3-4,6-7H,5,8-9H2,1-2H3. The molecule has 1 aromatic rings. The Morgan fingerprint density at radius 2 is 1.71 bits per heavy atom. The Hall–Kier alpha value is -1.84. The highest BCUT2D eigenvalue weighted by molar-refractivity contribution is 5.84. The molecule has 0 atom stereocenters. The minimum atomic E-state index is -0.354. The second-order valence-electron chi connectivity index (χ2n) is 3.64. The third kappa shape index (κ3) is 4.68. The van der Waals surface area contributed by atoms with Crippen LogP contribution in [-0.4, -0.2) is 26.0 Å². The average molecular weight is 236 g/mol. The maximum atomic E-state index is 11.5. The van der Waals surface area contributed by atoms with Crippen molar-refractivity contribution in [3.63, 3.8) is 0 Å². The molecule has 0 aliphatic heterocycles. The summed E-state index contributed by atoms with van der Waals surface area (Å²) in [5.41, 5.74) is 0.917. The summed E-state index contributed by atoms with van der Waals surface area (Å²) in [5, 5.41) is 0. The molecule has 0 bridgehead atoms. The first-order valence-corrected chi connectivity index (χ1v) is 5.37. The van der Waals surface area contributed by atoms with Crippen LogP contribution in [0.1, 0.15) is 18.4 Å². The molecular formula is C13H16O4. The lowest BCUT2D eigenvalue weighted by molar-refractivity contribution is -0.141. The smallest absolute Gasteiger partial charge is 0.305 e. The minimum absolute atomic E-state index is 0.0283. The van der Waals surface area contributed by atoms with Crippen molar-refractivity contribution in [1.82, 2.24) is 0 Å². The van der Waals surface area contributed by atoms with E-state index in [2.05, 4.69) is 4.74 Å². The first-order valence-electron chi connectivity index (χ1n) is 5.37. The van der Waals surface area contributed by atoms with Crippen molar-refractivity contribution in [1.29, 1.82) is 0 Å². The fraction of sp³-hybridized carbons (Fsp3) is 0.385. The number of ketones is 1. The number of hydrogen-bond acceptors (Lipinski definition) is 4. The molecule has 1 rings (SSSR count). The Kier molecular flexibility index (Phi) is 5.20. The predicted octanol–water partition coefficient (Wildman–Crippen LogP) is 1.76. The van der Waals surface area contributed by atoms with Gasteiger partial charge in [-0.1, -0.05) is 12.1 Å². The van der Waals surface area contributed by atoms with Gasteiger partial charge in [-0.15, -0.1) is 0 Å². The van der Waals surface area contributed by atoms with Gasteiger partial charge < -0.3 is 9.47 Å². The van der Waals surface area contributed by atoms with Crippen molar-refractivity contribution in [2.45, 2.75) is 19.3 Å². The number of rotatable bonds is 6. The fourth-order valence-electron chi connectivity index (χ4n) is 1.40. The van der Waals surface area contributed by atoms with Crippen LogP contribution < -0.4 is 4.74 Å². The van der Waals surface area contributed by atoms with Crippen LogP contribution in [0, 0.1) is 0 Å². The second-order valence-corrected chi connectivity index (χ2v) is 3.64. The van der Waals surface area contributed by atoms with Crippen molar-refractivity contribution in [2.24, 2.45) is 0 Å². The van der Waals surface area contributed by atoms with Crippen LogP contribution in [0.25, 0.3) is 0 Å². The Bertz CT molecular complexity index is 381. The van der Waals surface area contributed by atoms with Gasteiger partial charge in [-0.3, -0.25) is 9.59 Å². The number of carbonyl (C=O) groups is 2. The summed E-state index contributed by atoms with van der Waals surface area (Å²) < 4.78 is 9.49. The summed E-state index contributed by atoms with van der Waals surface area (Å²) in [7, 11) is 2.91. The SMILES string of the molecule is COC(=O)CCC(=O)Cc1ccc(OC)cc1. The highest BCUT2D eigenvalue weighted by Gasteiger charge is 2.07.